The highest BCUT2D eigenvalue weighted by Gasteiger charge is 2.52. The first-order valence-electron chi connectivity index (χ1n) is 15.3. The normalized spacial score (nSPS) is 38.5. The largest absolute Gasteiger partial charge is 0.467 e. The van der Waals surface area contributed by atoms with Crippen LogP contribution in [0.3, 0.4) is 0 Å². The van der Waals surface area contributed by atoms with Gasteiger partial charge in [0.1, 0.15) is 35.8 Å². The van der Waals surface area contributed by atoms with Crippen LogP contribution in [0, 0.1) is 5.41 Å². The molecule has 266 valence electrons. The number of aliphatic hydroxyl groups is 6. The van der Waals surface area contributed by atoms with E-state index in [4.69, 9.17) is 46.7 Å². The number of carbonyl (C=O) groups excluding carboxylic acids is 1. The lowest BCUT2D eigenvalue weighted by molar-refractivity contribution is -0.304. The summed E-state index contributed by atoms with van der Waals surface area (Å²) in [6.07, 6.45) is -7.03. The lowest BCUT2D eigenvalue weighted by atomic mass is 9.83. The van der Waals surface area contributed by atoms with Gasteiger partial charge in [-0.3, -0.25) is 10.2 Å². The molecule has 2 aliphatic heterocycles. The van der Waals surface area contributed by atoms with E-state index in [0.717, 1.165) is 0 Å². The molecule has 46 heavy (non-hydrogen) atoms. The molecular weight excluding hydrogens is 612 g/mol. The molecular formula is C27H52N8O11. The number of nitrogens with one attached hydrogen (secondary N) is 5. The minimum absolute atomic E-state index is 0.0563. The number of likely N-dealkylation sites (N-methyl/N-ethyl adjacent to an activating group) is 1. The fourth-order valence-electron chi connectivity index (χ4n) is 5.76. The number of nitrogens with two attached hydrogens (primary N) is 3. The van der Waals surface area contributed by atoms with Crippen LogP contribution in [0.1, 0.15) is 33.1 Å². The Morgan fingerprint density at radius 2 is 1.89 bits per heavy atom. The number of aliphatic hydroxyl groups excluding tert-OH is 4. The van der Waals surface area contributed by atoms with Crippen molar-refractivity contribution < 1.29 is 54.4 Å². The Kier molecular flexibility index (Phi) is 13.5. The van der Waals surface area contributed by atoms with Gasteiger partial charge in [0.2, 0.25) is 12.0 Å². The van der Waals surface area contributed by atoms with Crippen molar-refractivity contribution in [3.05, 3.63) is 11.8 Å². The standard InChI is InChI=1S/C27H52N8O11/c1-4-27(42,35-25(30)31)24(40)34-16-7-15(29)19(45-22-14(28)6-5-13(44-22)9-33-8-12(37)10-36)17(38)20(16)46-23-18(39)21(32-3)26(2,41)11-43-23/h5,12,14-23,32-33,36-39,41-42H,4,6-11,28-29H2,1-3H3,(H,34,40)(H4,30,31,35)/t12?,14-,15+,16-,17+,18-,19?,20+,21-,22-,23-,26+,27?/m1/s1. The van der Waals surface area contributed by atoms with Gasteiger partial charge < -0.3 is 88.1 Å². The van der Waals surface area contributed by atoms with Gasteiger partial charge in [-0.1, -0.05) is 6.92 Å². The number of carbonyl (C=O) groups is 1. The minimum atomic E-state index is -2.28. The first-order chi connectivity index (χ1) is 21.6. The predicted molar refractivity (Wildman–Crippen MR) is 161 cm³/mol. The first-order valence-corrected chi connectivity index (χ1v) is 15.3. The molecule has 0 radical (unpaired) electrons. The molecule has 2 heterocycles. The van der Waals surface area contributed by atoms with E-state index in [1.54, 1.807) is 13.1 Å². The summed E-state index contributed by atoms with van der Waals surface area (Å²) in [5.74, 6) is -1.17. The summed E-state index contributed by atoms with van der Waals surface area (Å²) in [7, 11) is 1.54. The maximum absolute atomic E-state index is 13.2. The van der Waals surface area contributed by atoms with Crippen molar-refractivity contribution in [3.63, 3.8) is 0 Å². The van der Waals surface area contributed by atoms with Crippen molar-refractivity contribution in [2.75, 3.05) is 33.4 Å². The maximum Gasteiger partial charge on any atom is 0.273 e. The van der Waals surface area contributed by atoms with Gasteiger partial charge in [-0.15, -0.1) is 0 Å². The van der Waals surface area contributed by atoms with E-state index in [9.17, 15) is 30.3 Å². The highest BCUT2D eigenvalue weighted by Crippen LogP contribution is 2.32. The van der Waals surface area contributed by atoms with Gasteiger partial charge in [-0.05, 0) is 32.9 Å². The third kappa shape index (κ3) is 9.22. The van der Waals surface area contributed by atoms with Gasteiger partial charge in [0.05, 0.1) is 44.0 Å². The number of guanidine groups is 1. The molecule has 19 nitrogen and oxygen atoms in total. The quantitative estimate of drug-likeness (QED) is 0.0466. The third-order valence-corrected chi connectivity index (χ3v) is 8.41. The van der Waals surface area contributed by atoms with Crippen molar-refractivity contribution in [2.45, 2.75) is 112 Å². The summed E-state index contributed by atoms with van der Waals surface area (Å²) in [5, 5.41) is 80.9. The Labute approximate surface area is 267 Å². The van der Waals surface area contributed by atoms with Crippen LogP contribution < -0.4 is 38.5 Å². The van der Waals surface area contributed by atoms with E-state index in [1.165, 1.54) is 13.8 Å². The zero-order valence-corrected chi connectivity index (χ0v) is 26.3. The highest BCUT2D eigenvalue weighted by atomic mass is 16.7. The first kappa shape index (κ1) is 38.2. The Hall–Kier alpha value is -2.24. The van der Waals surface area contributed by atoms with Gasteiger partial charge in [0, 0.05) is 19.0 Å². The monoisotopic (exact) mass is 664 g/mol. The van der Waals surface area contributed by atoms with Gasteiger partial charge in [-0.25, -0.2) is 0 Å². The topological polar surface area (TPSA) is 325 Å². The van der Waals surface area contributed by atoms with Crippen LogP contribution in [0.15, 0.2) is 11.8 Å². The van der Waals surface area contributed by atoms with Crippen LogP contribution >= 0.6 is 0 Å². The van der Waals surface area contributed by atoms with Crippen molar-refractivity contribution in [2.24, 2.45) is 17.2 Å². The molecule has 0 aromatic heterocycles. The molecule has 1 saturated carbocycles. The SMILES string of the molecule is CCC(O)(NC(=N)N)C(=O)N[C@@H]1C[C@H](N)C(O[C@H]2OC(CNCC(O)CO)=CC[C@H]2N)[C@H](O)[C@H]1O[C@H]1OC[C@](C)(O)[C@H](NC)[C@H]1O. The molecule has 1 saturated heterocycles. The fourth-order valence-corrected chi connectivity index (χ4v) is 5.76. The number of ether oxygens (including phenoxy) is 4. The van der Waals surface area contributed by atoms with Crippen molar-refractivity contribution >= 4 is 11.9 Å². The van der Waals surface area contributed by atoms with Gasteiger partial charge in [-0.2, -0.15) is 0 Å². The molecule has 3 rings (SSSR count). The van der Waals surface area contributed by atoms with Gasteiger partial charge in [0.15, 0.2) is 12.2 Å². The van der Waals surface area contributed by atoms with E-state index < -0.39 is 97.1 Å². The van der Waals surface area contributed by atoms with Gasteiger partial charge >= 0.3 is 0 Å². The van der Waals surface area contributed by atoms with Crippen molar-refractivity contribution in [3.8, 4) is 0 Å². The van der Waals surface area contributed by atoms with E-state index in [0.29, 0.717) is 12.2 Å². The summed E-state index contributed by atoms with van der Waals surface area (Å²) >= 11 is 0. The maximum atomic E-state index is 13.2. The molecule has 19 heteroatoms. The number of hydrogen-bond donors (Lipinski definition) is 14. The van der Waals surface area contributed by atoms with Crippen LogP contribution in [-0.2, 0) is 23.7 Å². The molecule has 2 fully saturated rings. The predicted octanol–water partition coefficient (Wildman–Crippen LogP) is -6.13. The van der Waals surface area contributed by atoms with Crippen LogP contribution in [0.25, 0.3) is 0 Å². The Morgan fingerprint density at radius 3 is 2.50 bits per heavy atom. The Balaban J connectivity index is 1.82. The number of rotatable bonds is 14. The summed E-state index contributed by atoms with van der Waals surface area (Å²) in [5.41, 5.74) is 14.4. The number of hydrogen-bond acceptors (Lipinski definition) is 16. The second kappa shape index (κ2) is 16.2. The van der Waals surface area contributed by atoms with Crippen LogP contribution in [-0.4, -0.2) is 154 Å². The molecule has 1 aliphatic carbocycles. The van der Waals surface area contributed by atoms with Crippen molar-refractivity contribution in [1.29, 1.82) is 5.41 Å². The zero-order chi connectivity index (χ0) is 34.4. The van der Waals surface area contributed by atoms with Crippen LogP contribution in [0.5, 0.6) is 0 Å². The summed E-state index contributed by atoms with van der Waals surface area (Å²) < 4.78 is 23.8. The van der Waals surface area contributed by atoms with Gasteiger partial charge in [0.25, 0.3) is 5.91 Å². The van der Waals surface area contributed by atoms with E-state index >= 15 is 0 Å². The Morgan fingerprint density at radius 1 is 1.22 bits per heavy atom. The molecule has 13 atom stereocenters. The fraction of sp³-hybridized carbons (Fsp3) is 0.852. The molecule has 3 unspecified atom stereocenters. The number of amides is 1. The molecule has 0 bridgehead atoms. The molecule has 0 spiro atoms. The molecule has 3 aliphatic rings. The average Bonchev–Trinajstić information content (AvgIpc) is 2.99. The lowest BCUT2D eigenvalue weighted by Crippen LogP contribution is -2.70. The highest BCUT2D eigenvalue weighted by molar-refractivity contribution is 5.89. The smallest absolute Gasteiger partial charge is 0.273 e. The molecule has 1 amide bonds. The minimum Gasteiger partial charge on any atom is -0.467 e. The summed E-state index contributed by atoms with van der Waals surface area (Å²) in [4.78, 5) is 13.2. The third-order valence-electron chi connectivity index (χ3n) is 8.41. The molecule has 0 aromatic rings. The van der Waals surface area contributed by atoms with E-state index in [-0.39, 0.29) is 32.5 Å². The second-order valence-corrected chi connectivity index (χ2v) is 12.2. The average molecular weight is 665 g/mol. The summed E-state index contributed by atoms with van der Waals surface area (Å²) in [6, 6.07) is -3.54. The lowest BCUT2D eigenvalue weighted by Gasteiger charge is -2.49. The van der Waals surface area contributed by atoms with Crippen LogP contribution in [0.4, 0.5) is 0 Å². The van der Waals surface area contributed by atoms with E-state index in [1.807, 2.05) is 0 Å². The van der Waals surface area contributed by atoms with E-state index in [2.05, 4.69) is 21.3 Å². The Bertz CT molecular complexity index is 1060. The second-order valence-electron chi connectivity index (χ2n) is 12.2. The van der Waals surface area contributed by atoms with Crippen LogP contribution in [0.2, 0.25) is 0 Å². The molecule has 0 aromatic carbocycles. The zero-order valence-electron chi connectivity index (χ0n) is 26.3. The van der Waals surface area contributed by atoms with Crippen molar-refractivity contribution in [1.82, 2.24) is 21.3 Å². The summed E-state index contributed by atoms with van der Waals surface area (Å²) in [6.45, 7) is 2.63. The molecule has 17 N–H and O–H groups in total.